The zero-order valence-corrected chi connectivity index (χ0v) is 12.0. The van der Waals surface area contributed by atoms with Gasteiger partial charge in [-0.05, 0) is 0 Å². The second kappa shape index (κ2) is 7.45. The third-order valence-electron chi connectivity index (χ3n) is 2.06. The molecule has 0 fully saturated rings. The first-order valence-electron chi connectivity index (χ1n) is 5.13. The van der Waals surface area contributed by atoms with Crippen molar-refractivity contribution in [3.05, 3.63) is 0 Å². The Balaban J connectivity index is 2.91. The molecular formula is C10H24Sn. The summed E-state index contributed by atoms with van der Waals surface area (Å²) in [5.41, 5.74) is 0. The zero-order chi connectivity index (χ0) is 8.69. The summed E-state index contributed by atoms with van der Waals surface area (Å²) in [6, 6.07) is 0. The predicted molar refractivity (Wildman–Crippen MR) is 57.0 cm³/mol. The Morgan fingerprint density at radius 2 is 1.64 bits per heavy atom. The molecule has 0 aromatic carbocycles. The van der Waals surface area contributed by atoms with Crippen molar-refractivity contribution in [2.45, 2.75) is 53.8 Å². The van der Waals surface area contributed by atoms with Crippen LogP contribution in [0.15, 0.2) is 0 Å². The first-order chi connectivity index (χ1) is 5.13. The molecule has 0 saturated carbocycles. The Morgan fingerprint density at radius 3 is 2.09 bits per heavy atom. The van der Waals surface area contributed by atoms with Gasteiger partial charge in [0.1, 0.15) is 0 Å². The molecule has 0 N–H and O–H groups in total. The van der Waals surface area contributed by atoms with E-state index in [1.54, 1.807) is 4.44 Å². The fourth-order valence-electron chi connectivity index (χ4n) is 1.28. The van der Waals surface area contributed by atoms with Crippen molar-refractivity contribution in [1.82, 2.24) is 0 Å². The molecule has 0 atom stereocenters. The molecule has 0 spiro atoms. The molecule has 11 heavy (non-hydrogen) atoms. The third kappa shape index (κ3) is 10.8. The molecule has 0 aliphatic heterocycles. The molecule has 0 aromatic rings. The molecule has 0 aromatic heterocycles. The van der Waals surface area contributed by atoms with E-state index in [0.717, 1.165) is 5.92 Å². The summed E-state index contributed by atoms with van der Waals surface area (Å²) in [5, 5.41) is 0. The summed E-state index contributed by atoms with van der Waals surface area (Å²) in [7, 11) is 0. The van der Waals surface area contributed by atoms with E-state index in [9.17, 15) is 0 Å². The van der Waals surface area contributed by atoms with E-state index in [4.69, 9.17) is 0 Å². The maximum absolute atomic E-state index is 2.52. The monoisotopic (exact) mass is 264 g/mol. The van der Waals surface area contributed by atoms with Crippen LogP contribution >= 0.6 is 0 Å². The van der Waals surface area contributed by atoms with Gasteiger partial charge in [0, 0.05) is 0 Å². The second-order valence-electron chi connectivity index (χ2n) is 4.43. The van der Waals surface area contributed by atoms with Gasteiger partial charge in [0.25, 0.3) is 0 Å². The maximum atomic E-state index is 2.52. The molecule has 0 radical (unpaired) electrons. The molecule has 0 rings (SSSR count). The summed E-state index contributed by atoms with van der Waals surface area (Å²) in [6.07, 6.45) is 5.93. The second-order valence-corrected chi connectivity index (χ2v) is 14.0. The Bertz CT molecular complexity index is 66.9. The van der Waals surface area contributed by atoms with Gasteiger partial charge in [0.2, 0.25) is 0 Å². The van der Waals surface area contributed by atoms with Crippen molar-refractivity contribution in [3.63, 3.8) is 0 Å². The first kappa shape index (κ1) is 11.8. The summed E-state index contributed by atoms with van der Waals surface area (Å²) >= 11 is -0.819. The number of unbranched alkanes of at least 4 members (excludes halogenated alkanes) is 2. The fraction of sp³-hybridized carbons (Fsp3) is 1.00. The Morgan fingerprint density at radius 1 is 1.00 bits per heavy atom. The molecule has 0 bridgehead atoms. The van der Waals surface area contributed by atoms with Crippen LogP contribution in [0.5, 0.6) is 0 Å². The molecule has 0 amide bonds. The van der Waals surface area contributed by atoms with E-state index >= 15 is 0 Å². The van der Waals surface area contributed by atoms with Gasteiger partial charge in [-0.2, -0.15) is 0 Å². The van der Waals surface area contributed by atoms with Crippen LogP contribution in [-0.4, -0.2) is 19.8 Å². The van der Waals surface area contributed by atoms with E-state index in [1.807, 2.05) is 0 Å². The van der Waals surface area contributed by atoms with Gasteiger partial charge >= 0.3 is 79.5 Å². The van der Waals surface area contributed by atoms with Crippen LogP contribution in [-0.2, 0) is 0 Å². The van der Waals surface area contributed by atoms with Crippen LogP contribution < -0.4 is 0 Å². The van der Waals surface area contributed by atoms with Crippen LogP contribution in [0.1, 0.15) is 39.5 Å². The van der Waals surface area contributed by atoms with Crippen molar-refractivity contribution >= 4 is 19.8 Å². The Kier molecular flexibility index (Phi) is 7.99. The predicted octanol–water partition coefficient (Wildman–Crippen LogP) is 3.69. The fourth-order valence-corrected chi connectivity index (χ4v) is 4.44. The Labute approximate surface area is 79.5 Å². The zero-order valence-electron chi connectivity index (χ0n) is 8.69. The topological polar surface area (TPSA) is 0 Å². The average molecular weight is 263 g/mol. The molecule has 0 nitrogen and oxygen atoms in total. The van der Waals surface area contributed by atoms with Crippen molar-refractivity contribution < 1.29 is 0 Å². The van der Waals surface area contributed by atoms with Gasteiger partial charge in [-0.25, -0.2) is 0 Å². The number of rotatable bonds is 6. The van der Waals surface area contributed by atoms with Gasteiger partial charge in [-0.3, -0.25) is 0 Å². The van der Waals surface area contributed by atoms with E-state index in [2.05, 4.69) is 23.7 Å². The SMILES string of the molecule is CC(C)CCCC[CH2][SnH]([CH3])[CH3]. The van der Waals surface area contributed by atoms with Gasteiger partial charge in [-0.15, -0.1) is 0 Å². The van der Waals surface area contributed by atoms with Gasteiger partial charge in [-0.1, -0.05) is 0 Å². The average Bonchev–Trinajstić information content (AvgIpc) is 1.85. The van der Waals surface area contributed by atoms with Crippen molar-refractivity contribution in [3.8, 4) is 0 Å². The van der Waals surface area contributed by atoms with Crippen LogP contribution in [0, 0.1) is 5.92 Å². The van der Waals surface area contributed by atoms with E-state index in [0.29, 0.717) is 0 Å². The van der Waals surface area contributed by atoms with Crippen molar-refractivity contribution in [2.24, 2.45) is 5.92 Å². The van der Waals surface area contributed by atoms with Gasteiger partial charge in [0.05, 0.1) is 0 Å². The van der Waals surface area contributed by atoms with Crippen molar-refractivity contribution in [2.75, 3.05) is 0 Å². The van der Waals surface area contributed by atoms with E-state index < -0.39 is 19.8 Å². The van der Waals surface area contributed by atoms with Crippen LogP contribution in [0.3, 0.4) is 0 Å². The molecule has 0 unspecified atom stereocenters. The normalized spacial score (nSPS) is 11.5. The minimum absolute atomic E-state index is 0.819. The third-order valence-corrected chi connectivity index (χ3v) is 6.52. The number of hydrogen-bond donors (Lipinski definition) is 0. The summed E-state index contributed by atoms with van der Waals surface area (Å²) in [6.45, 7) is 4.64. The van der Waals surface area contributed by atoms with Crippen molar-refractivity contribution in [1.29, 1.82) is 0 Å². The van der Waals surface area contributed by atoms with Crippen LogP contribution in [0.25, 0.3) is 0 Å². The first-order valence-corrected chi connectivity index (χ1v) is 14.0. The minimum atomic E-state index is -0.819. The Hall–Kier alpha value is 0.799. The van der Waals surface area contributed by atoms with E-state index in [-0.39, 0.29) is 0 Å². The molecule has 0 aliphatic carbocycles. The molecule has 0 heterocycles. The van der Waals surface area contributed by atoms with E-state index in [1.165, 1.54) is 25.7 Å². The van der Waals surface area contributed by atoms with Crippen LogP contribution in [0.4, 0.5) is 0 Å². The molecular weight excluding hydrogens is 239 g/mol. The summed E-state index contributed by atoms with van der Waals surface area (Å²) in [4.78, 5) is 5.04. The summed E-state index contributed by atoms with van der Waals surface area (Å²) < 4.78 is 1.62. The quantitative estimate of drug-likeness (QED) is 0.506. The molecule has 1 heteroatoms. The number of hydrogen-bond acceptors (Lipinski definition) is 0. The van der Waals surface area contributed by atoms with Gasteiger partial charge in [0.15, 0.2) is 0 Å². The van der Waals surface area contributed by atoms with Crippen LogP contribution in [0.2, 0.25) is 14.3 Å². The molecule has 68 valence electrons. The van der Waals surface area contributed by atoms with Gasteiger partial charge < -0.3 is 0 Å². The summed E-state index contributed by atoms with van der Waals surface area (Å²) in [5.74, 6) is 0.914. The molecule has 0 aliphatic rings. The standard InChI is InChI=1S/C8H17.2CH3.Sn.H/c1-4-5-6-7-8(2)3;;;;/h8H,1,4-7H2,2-3H3;2*1H3;;. The molecule has 0 saturated heterocycles.